The van der Waals surface area contributed by atoms with Crippen molar-refractivity contribution in [1.29, 1.82) is 0 Å². The molecule has 0 radical (unpaired) electrons. The molecule has 0 saturated carbocycles. The zero-order valence-corrected chi connectivity index (χ0v) is 18.5. The molecule has 4 aliphatic heterocycles. The largest absolute Gasteiger partial charge is 0.416 e. The molecule has 34 heavy (non-hydrogen) atoms. The minimum absolute atomic E-state index is 0.00335. The maximum atomic E-state index is 14.1. The fourth-order valence-corrected chi connectivity index (χ4v) is 5.66. The molecule has 186 valence electrons. The number of hydrogen-bond acceptors (Lipinski definition) is 4. The van der Waals surface area contributed by atoms with E-state index in [1.54, 1.807) is 4.90 Å². The van der Waals surface area contributed by atoms with Crippen LogP contribution >= 0.6 is 0 Å². The number of halogens is 4. The first-order valence-electron chi connectivity index (χ1n) is 11.6. The van der Waals surface area contributed by atoms with Crippen LogP contribution in [0.15, 0.2) is 18.2 Å². The Morgan fingerprint density at radius 3 is 2.59 bits per heavy atom. The Bertz CT molecular complexity index is 945. The standard InChI is InChI=1S/C23H27F4N3O4/c24-18-7-14(23(25,26)27)2-1-13(18)11-33-17-8-15-3-4-16(9-17)30(15)22(32)29-6-5-20-19(10-29)28-21(31)12-34-20/h1-2,7,15-17,19-20H,3-6,8-12H2,(H,28,31)/t15-,16+,17-,19-,20+/m1/s1. The van der Waals surface area contributed by atoms with Crippen molar-refractivity contribution < 1.29 is 36.6 Å². The van der Waals surface area contributed by atoms with Crippen molar-refractivity contribution in [2.75, 3.05) is 19.7 Å². The molecule has 5 atom stereocenters. The van der Waals surface area contributed by atoms with Gasteiger partial charge in [-0.2, -0.15) is 13.2 Å². The highest BCUT2D eigenvalue weighted by molar-refractivity contribution is 5.79. The molecule has 4 aliphatic rings. The number of morpholine rings is 1. The summed E-state index contributed by atoms with van der Waals surface area (Å²) in [6, 6.07) is 2.23. The minimum atomic E-state index is -4.59. The molecule has 7 nitrogen and oxygen atoms in total. The van der Waals surface area contributed by atoms with Crippen molar-refractivity contribution in [2.24, 2.45) is 0 Å². The maximum Gasteiger partial charge on any atom is 0.416 e. The van der Waals surface area contributed by atoms with Crippen LogP contribution in [0.5, 0.6) is 0 Å². The van der Waals surface area contributed by atoms with E-state index in [4.69, 9.17) is 9.47 Å². The van der Waals surface area contributed by atoms with Crippen LogP contribution in [0.4, 0.5) is 22.4 Å². The van der Waals surface area contributed by atoms with Crippen LogP contribution in [0.1, 0.15) is 43.2 Å². The average Bonchev–Trinajstić information content (AvgIpc) is 3.06. The lowest BCUT2D eigenvalue weighted by Gasteiger charge is -2.45. The Kier molecular flexibility index (Phi) is 6.18. The number of fused-ring (bicyclic) bond motifs is 3. The van der Waals surface area contributed by atoms with E-state index in [1.807, 2.05) is 4.90 Å². The van der Waals surface area contributed by atoms with E-state index in [1.165, 1.54) is 0 Å². The fraction of sp³-hybridized carbons (Fsp3) is 0.652. The second kappa shape index (κ2) is 8.99. The predicted octanol–water partition coefficient (Wildman–Crippen LogP) is 3.07. The van der Waals surface area contributed by atoms with Gasteiger partial charge in [0.1, 0.15) is 12.4 Å². The Morgan fingerprint density at radius 1 is 1.18 bits per heavy atom. The predicted molar refractivity (Wildman–Crippen MR) is 111 cm³/mol. The van der Waals surface area contributed by atoms with Gasteiger partial charge in [0.25, 0.3) is 0 Å². The van der Waals surface area contributed by atoms with Crippen LogP contribution in [-0.2, 0) is 27.1 Å². The third-order valence-corrected chi connectivity index (χ3v) is 7.36. The molecule has 4 saturated heterocycles. The molecule has 0 aliphatic carbocycles. The Balaban J connectivity index is 1.17. The molecule has 4 fully saturated rings. The molecule has 0 aromatic heterocycles. The third kappa shape index (κ3) is 4.59. The summed E-state index contributed by atoms with van der Waals surface area (Å²) in [6.45, 7) is 0.928. The second-order valence-electron chi connectivity index (χ2n) is 9.54. The number of likely N-dealkylation sites (tertiary alicyclic amines) is 1. The summed E-state index contributed by atoms with van der Waals surface area (Å²) in [5.41, 5.74) is -0.944. The topological polar surface area (TPSA) is 71.1 Å². The highest BCUT2D eigenvalue weighted by Crippen LogP contribution is 2.38. The van der Waals surface area contributed by atoms with Gasteiger partial charge in [-0.05, 0) is 44.2 Å². The quantitative estimate of drug-likeness (QED) is 0.669. The molecule has 1 N–H and O–H groups in total. The van der Waals surface area contributed by atoms with Crippen LogP contribution in [0, 0.1) is 5.82 Å². The lowest BCUT2D eigenvalue weighted by atomic mass is 9.98. The number of carbonyl (C=O) groups excluding carboxylic acids is 2. The summed E-state index contributed by atoms with van der Waals surface area (Å²) < 4.78 is 63.8. The van der Waals surface area contributed by atoms with Gasteiger partial charge in [-0.25, -0.2) is 9.18 Å². The van der Waals surface area contributed by atoms with Crippen LogP contribution < -0.4 is 5.32 Å². The van der Waals surface area contributed by atoms with E-state index < -0.39 is 17.6 Å². The van der Waals surface area contributed by atoms with Crippen molar-refractivity contribution in [3.8, 4) is 0 Å². The van der Waals surface area contributed by atoms with E-state index in [0.717, 1.165) is 25.0 Å². The third-order valence-electron chi connectivity index (χ3n) is 7.36. The molecule has 5 rings (SSSR count). The van der Waals surface area contributed by atoms with Crippen LogP contribution in [0.25, 0.3) is 0 Å². The van der Waals surface area contributed by atoms with E-state index in [9.17, 15) is 27.2 Å². The summed E-state index contributed by atoms with van der Waals surface area (Å²) in [5, 5.41) is 2.91. The van der Waals surface area contributed by atoms with Crippen molar-refractivity contribution in [1.82, 2.24) is 15.1 Å². The van der Waals surface area contributed by atoms with E-state index >= 15 is 0 Å². The van der Waals surface area contributed by atoms with Gasteiger partial charge in [0.05, 0.1) is 30.4 Å². The van der Waals surface area contributed by atoms with Crippen LogP contribution in [0.2, 0.25) is 0 Å². The maximum absolute atomic E-state index is 14.1. The molecule has 0 spiro atoms. The number of nitrogens with one attached hydrogen (secondary N) is 1. The first-order valence-corrected chi connectivity index (χ1v) is 11.6. The van der Waals surface area contributed by atoms with Crippen LogP contribution in [0.3, 0.4) is 0 Å². The molecule has 0 unspecified atom stereocenters. The zero-order valence-electron chi connectivity index (χ0n) is 18.5. The number of amides is 3. The number of piperidine rings is 2. The monoisotopic (exact) mass is 485 g/mol. The smallest absolute Gasteiger partial charge is 0.373 e. The van der Waals surface area contributed by atoms with Crippen LogP contribution in [-0.4, -0.2) is 71.8 Å². The number of ether oxygens (including phenoxy) is 2. The van der Waals surface area contributed by atoms with Crippen molar-refractivity contribution >= 4 is 11.9 Å². The first kappa shape index (κ1) is 23.3. The second-order valence-corrected chi connectivity index (χ2v) is 9.54. The number of hydrogen-bond donors (Lipinski definition) is 1. The van der Waals surface area contributed by atoms with Crippen molar-refractivity contribution in [3.05, 3.63) is 35.1 Å². The van der Waals surface area contributed by atoms with Crippen molar-refractivity contribution in [3.63, 3.8) is 0 Å². The first-order chi connectivity index (χ1) is 16.2. The van der Waals surface area contributed by atoms with E-state index in [0.29, 0.717) is 38.4 Å². The number of carbonyl (C=O) groups is 2. The fourth-order valence-electron chi connectivity index (χ4n) is 5.66. The molecule has 2 bridgehead atoms. The average molecular weight is 485 g/mol. The Hall–Kier alpha value is -2.40. The SMILES string of the molecule is O=C1CO[C@H]2CCN(C(=O)N3[C@@H]4CC[C@H]3C[C@H](OCc3ccc(C(F)(F)F)cc3F)C4)C[C@H]2N1. The van der Waals surface area contributed by atoms with Gasteiger partial charge >= 0.3 is 12.2 Å². The lowest BCUT2D eigenvalue weighted by Crippen LogP contribution is -2.63. The number of urea groups is 1. The molecule has 3 amide bonds. The van der Waals surface area contributed by atoms with Gasteiger partial charge in [-0.1, -0.05) is 6.07 Å². The zero-order chi connectivity index (χ0) is 24.0. The normalized spacial score (nSPS) is 31.3. The Morgan fingerprint density at radius 2 is 1.91 bits per heavy atom. The van der Waals surface area contributed by atoms with Gasteiger partial charge in [0, 0.05) is 30.7 Å². The van der Waals surface area contributed by atoms with Gasteiger partial charge in [-0.15, -0.1) is 0 Å². The molecule has 1 aromatic rings. The van der Waals surface area contributed by atoms with Crippen molar-refractivity contribution in [2.45, 2.75) is 75.2 Å². The summed E-state index contributed by atoms with van der Waals surface area (Å²) in [4.78, 5) is 28.7. The van der Waals surface area contributed by atoms with Gasteiger partial charge in [0.2, 0.25) is 5.91 Å². The number of benzene rings is 1. The summed E-state index contributed by atoms with van der Waals surface area (Å²) in [5.74, 6) is -1.11. The number of alkyl halides is 3. The lowest BCUT2D eigenvalue weighted by molar-refractivity contribution is -0.140. The molecule has 4 heterocycles. The minimum Gasteiger partial charge on any atom is -0.373 e. The Labute approximate surface area is 194 Å². The highest BCUT2D eigenvalue weighted by atomic mass is 19.4. The molecule has 1 aromatic carbocycles. The molecular formula is C23H27F4N3O4. The highest BCUT2D eigenvalue weighted by Gasteiger charge is 2.46. The van der Waals surface area contributed by atoms with Gasteiger partial charge in [-0.3, -0.25) is 4.79 Å². The van der Waals surface area contributed by atoms with E-state index in [2.05, 4.69) is 5.32 Å². The molecule has 11 heteroatoms. The molecular weight excluding hydrogens is 458 g/mol. The summed E-state index contributed by atoms with van der Waals surface area (Å²) in [7, 11) is 0. The summed E-state index contributed by atoms with van der Waals surface area (Å²) in [6.07, 6.45) is -1.28. The van der Waals surface area contributed by atoms with E-state index in [-0.39, 0.29) is 61.0 Å². The van der Waals surface area contributed by atoms with Gasteiger partial charge < -0.3 is 24.6 Å². The number of rotatable bonds is 3. The summed E-state index contributed by atoms with van der Waals surface area (Å²) >= 11 is 0. The number of nitrogens with zero attached hydrogens (tertiary/aromatic N) is 2. The van der Waals surface area contributed by atoms with Gasteiger partial charge in [0.15, 0.2) is 0 Å².